The molecule has 3 aromatic heterocycles. The molecular weight excluding hydrogens is 472 g/mol. The van der Waals surface area contributed by atoms with Crippen molar-refractivity contribution in [3.05, 3.63) is 44.7 Å². The molecule has 0 aromatic carbocycles. The summed E-state index contributed by atoms with van der Waals surface area (Å²) in [6.45, 7) is -0.116. The maximum atomic E-state index is 12.9. The van der Waals surface area contributed by atoms with Gasteiger partial charge in [-0.1, -0.05) is 11.8 Å². The summed E-state index contributed by atoms with van der Waals surface area (Å²) < 4.78 is 29.1. The van der Waals surface area contributed by atoms with Gasteiger partial charge in [0, 0.05) is 31.8 Å². The molecule has 0 bridgehead atoms. The van der Waals surface area contributed by atoms with Gasteiger partial charge in [0.1, 0.15) is 5.82 Å². The van der Waals surface area contributed by atoms with Gasteiger partial charge >= 0.3 is 5.69 Å². The summed E-state index contributed by atoms with van der Waals surface area (Å²) in [5, 5.41) is 2.53. The number of aryl methyl sites for hydroxylation is 1. The third-order valence-electron chi connectivity index (χ3n) is 6.18. The molecule has 1 N–H and O–H groups in total. The highest BCUT2D eigenvalue weighted by molar-refractivity contribution is 7.91. The lowest BCUT2D eigenvalue weighted by Crippen LogP contribution is -2.38. The molecular formula is C23H24N6O5S. The second-order valence-electron chi connectivity index (χ2n) is 9.08. The van der Waals surface area contributed by atoms with Crippen LogP contribution in [0.4, 0.5) is 5.82 Å². The van der Waals surface area contributed by atoms with Crippen LogP contribution in [0.25, 0.3) is 11.2 Å². The molecule has 0 aliphatic heterocycles. The van der Waals surface area contributed by atoms with E-state index < -0.39 is 21.1 Å². The van der Waals surface area contributed by atoms with Crippen LogP contribution in [-0.4, -0.2) is 43.7 Å². The van der Waals surface area contributed by atoms with Gasteiger partial charge in [-0.05, 0) is 43.7 Å². The van der Waals surface area contributed by atoms with E-state index in [-0.39, 0.29) is 46.4 Å². The number of imidazole rings is 1. The van der Waals surface area contributed by atoms with E-state index in [1.165, 1.54) is 29.4 Å². The molecule has 2 aliphatic rings. The SMILES string of the molecule is Cn1c(=O)c2c(nc(S(=O)(=O)CC3CC3)n2C)n(CC#Cc2ccnc(NC(=O)C3CC3)c2)c1=O. The molecule has 12 heteroatoms. The Morgan fingerprint density at radius 2 is 1.91 bits per heavy atom. The number of aromatic nitrogens is 5. The maximum absolute atomic E-state index is 12.9. The monoisotopic (exact) mass is 496 g/mol. The minimum Gasteiger partial charge on any atom is -0.312 e. The predicted molar refractivity (Wildman–Crippen MR) is 127 cm³/mol. The van der Waals surface area contributed by atoms with Crippen LogP contribution in [0, 0.1) is 23.7 Å². The van der Waals surface area contributed by atoms with E-state index in [0.29, 0.717) is 11.4 Å². The number of hydrogen-bond acceptors (Lipinski definition) is 7. The molecule has 0 saturated heterocycles. The standard InChI is InChI=1S/C23H24N6O5S/c1-27-18-19(26-22(27)35(33,34)13-15-5-6-15)29(23(32)28(2)21(18)31)11-3-4-14-9-10-24-17(12-14)25-20(30)16-7-8-16/h9-10,12,15-16H,5-8,11,13H2,1-2H3,(H,24,25,30). The van der Waals surface area contributed by atoms with E-state index in [1.807, 2.05) is 0 Å². The lowest BCUT2D eigenvalue weighted by Gasteiger charge is -2.06. The third-order valence-corrected chi connectivity index (χ3v) is 8.01. The zero-order chi connectivity index (χ0) is 24.9. The highest BCUT2D eigenvalue weighted by Crippen LogP contribution is 2.32. The average Bonchev–Trinajstić information content (AvgIpc) is 3.73. The lowest BCUT2D eigenvalue weighted by molar-refractivity contribution is -0.117. The molecule has 2 aliphatic carbocycles. The molecule has 11 nitrogen and oxygen atoms in total. The average molecular weight is 497 g/mol. The number of pyridine rings is 1. The Labute approximate surface area is 200 Å². The summed E-state index contributed by atoms with van der Waals surface area (Å²) in [7, 11) is -0.924. The number of carbonyl (C=O) groups is 1. The first-order valence-corrected chi connectivity index (χ1v) is 13.0. The van der Waals surface area contributed by atoms with Gasteiger partial charge in [0.2, 0.25) is 20.9 Å². The van der Waals surface area contributed by atoms with Gasteiger partial charge in [-0.25, -0.2) is 18.2 Å². The number of hydrogen-bond donors (Lipinski definition) is 1. The van der Waals surface area contributed by atoms with Gasteiger partial charge in [-0.2, -0.15) is 4.98 Å². The molecule has 2 saturated carbocycles. The molecule has 0 atom stereocenters. The van der Waals surface area contributed by atoms with Crippen LogP contribution < -0.4 is 16.6 Å². The third kappa shape index (κ3) is 4.51. The molecule has 1 amide bonds. The maximum Gasteiger partial charge on any atom is 0.333 e. The van der Waals surface area contributed by atoms with E-state index in [4.69, 9.17) is 0 Å². The number of carbonyl (C=O) groups excluding carboxylic acids is 1. The van der Waals surface area contributed by atoms with Crippen LogP contribution in [0.15, 0.2) is 33.1 Å². The van der Waals surface area contributed by atoms with Gasteiger partial charge in [0.25, 0.3) is 5.56 Å². The number of sulfone groups is 1. The second kappa shape index (κ2) is 8.49. The normalized spacial score (nSPS) is 15.6. The first-order chi connectivity index (χ1) is 16.7. The molecule has 0 unspecified atom stereocenters. The zero-order valence-electron chi connectivity index (χ0n) is 19.3. The Morgan fingerprint density at radius 1 is 1.17 bits per heavy atom. The Balaban J connectivity index is 1.49. The van der Waals surface area contributed by atoms with Crippen LogP contribution >= 0.6 is 0 Å². The summed E-state index contributed by atoms with van der Waals surface area (Å²) in [5.41, 5.74) is -0.682. The summed E-state index contributed by atoms with van der Waals surface area (Å²) in [6, 6.07) is 3.30. The number of anilines is 1. The number of nitrogens with one attached hydrogen (secondary N) is 1. The number of nitrogens with zero attached hydrogens (tertiary/aromatic N) is 5. The Bertz CT molecular complexity index is 1650. The number of amides is 1. The van der Waals surface area contributed by atoms with Crippen molar-refractivity contribution in [2.24, 2.45) is 25.9 Å². The molecule has 2 fully saturated rings. The predicted octanol–water partition coefficient (Wildman–Crippen LogP) is 0.413. The van der Waals surface area contributed by atoms with Crippen molar-refractivity contribution in [3.63, 3.8) is 0 Å². The van der Waals surface area contributed by atoms with Crippen molar-refractivity contribution < 1.29 is 13.2 Å². The molecule has 5 rings (SSSR count). The zero-order valence-corrected chi connectivity index (χ0v) is 20.1. The first-order valence-electron chi connectivity index (χ1n) is 11.3. The van der Waals surface area contributed by atoms with E-state index >= 15 is 0 Å². The Hall–Kier alpha value is -3.72. The molecule has 35 heavy (non-hydrogen) atoms. The van der Waals surface area contributed by atoms with Crippen molar-refractivity contribution in [1.29, 1.82) is 0 Å². The Kier molecular flexibility index (Phi) is 5.59. The highest BCUT2D eigenvalue weighted by Gasteiger charge is 2.33. The Morgan fingerprint density at radius 3 is 2.60 bits per heavy atom. The van der Waals surface area contributed by atoms with Crippen LogP contribution in [-0.2, 0) is 35.3 Å². The fourth-order valence-corrected chi connectivity index (χ4v) is 5.71. The lowest BCUT2D eigenvalue weighted by atomic mass is 10.2. The molecule has 182 valence electrons. The van der Waals surface area contributed by atoms with Crippen molar-refractivity contribution in [2.75, 3.05) is 11.1 Å². The van der Waals surface area contributed by atoms with Gasteiger partial charge in [-0.3, -0.25) is 18.7 Å². The van der Waals surface area contributed by atoms with Crippen LogP contribution in [0.3, 0.4) is 0 Å². The van der Waals surface area contributed by atoms with Crippen molar-refractivity contribution in [1.82, 2.24) is 23.7 Å². The highest BCUT2D eigenvalue weighted by atomic mass is 32.2. The van der Waals surface area contributed by atoms with Gasteiger partial charge < -0.3 is 9.88 Å². The summed E-state index contributed by atoms with van der Waals surface area (Å²) >= 11 is 0. The minimum absolute atomic E-state index is 0.0172. The van der Waals surface area contributed by atoms with Crippen LogP contribution in [0.1, 0.15) is 31.2 Å². The van der Waals surface area contributed by atoms with Crippen LogP contribution in [0.5, 0.6) is 0 Å². The van der Waals surface area contributed by atoms with E-state index in [1.54, 1.807) is 12.1 Å². The molecule has 0 radical (unpaired) electrons. The smallest absolute Gasteiger partial charge is 0.312 e. The van der Waals surface area contributed by atoms with Gasteiger partial charge in [-0.15, -0.1) is 0 Å². The fourth-order valence-electron chi connectivity index (χ4n) is 3.87. The van der Waals surface area contributed by atoms with E-state index in [0.717, 1.165) is 30.3 Å². The molecule has 3 heterocycles. The fraction of sp³-hybridized carbons (Fsp3) is 0.435. The topological polar surface area (TPSA) is 138 Å². The minimum atomic E-state index is -3.72. The van der Waals surface area contributed by atoms with Gasteiger partial charge in [0.05, 0.1) is 12.3 Å². The molecule has 0 spiro atoms. The summed E-state index contributed by atoms with van der Waals surface area (Å²) in [6.07, 6.45) is 4.99. The molecule has 3 aromatic rings. The second-order valence-corrected chi connectivity index (χ2v) is 11.0. The van der Waals surface area contributed by atoms with E-state index in [2.05, 4.69) is 27.1 Å². The number of rotatable bonds is 6. The van der Waals surface area contributed by atoms with Crippen LogP contribution in [0.2, 0.25) is 0 Å². The summed E-state index contributed by atoms with van der Waals surface area (Å²) in [5.74, 6) is 6.25. The van der Waals surface area contributed by atoms with Gasteiger partial charge in [0.15, 0.2) is 11.2 Å². The summed E-state index contributed by atoms with van der Waals surface area (Å²) in [4.78, 5) is 46.0. The van der Waals surface area contributed by atoms with Crippen molar-refractivity contribution >= 4 is 32.7 Å². The number of fused-ring (bicyclic) bond motifs is 1. The largest absolute Gasteiger partial charge is 0.333 e. The van der Waals surface area contributed by atoms with Crippen molar-refractivity contribution in [3.8, 4) is 11.8 Å². The van der Waals surface area contributed by atoms with E-state index in [9.17, 15) is 22.8 Å². The quantitative estimate of drug-likeness (QED) is 0.488. The first kappa shape index (κ1) is 23.0. The van der Waals surface area contributed by atoms with Crippen molar-refractivity contribution in [2.45, 2.75) is 37.4 Å².